The predicted octanol–water partition coefficient (Wildman–Crippen LogP) is 1.43. The minimum atomic E-state index is -3.46. The Bertz CT molecular complexity index is 1250. The van der Waals surface area contributed by atoms with Gasteiger partial charge >= 0.3 is 0 Å². The molecule has 3 aromatic heterocycles. The molecule has 11 heteroatoms. The number of anilines is 1. The summed E-state index contributed by atoms with van der Waals surface area (Å²) in [5, 5.41) is 8.01. The number of hydrogen-bond acceptors (Lipinski definition) is 8. The molecule has 154 valence electrons. The van der Waals surface area contributed by atoms with Crippen LogP contribution in [0.1, 0.15) is 5.69 Å². The quantitative estimate of drug-likeness (QED) is 0.472. The Morgan fingerprint density at radius 1 is 1.03 bits per heavy atom. The highest BCUT2D eigenvalue weighted by molar-refractivity contribution is 7.88. The van der Waals surface area contributed by atoms with Crippen molar-refractivity contribution >= 4 is 21.6 Å². The van der Waals surface area contributed by atoms with Crippen LogP contribution in [0.5, 0.6) is 0 Å². The van der Waals surface area contributed by atoms with Crippen molar-refractivity contribution in [1.82, 2.24) is 29.0 Å². The molecular weight excluding hydrogens is 406 g/mol. The highest BCUT2D eigenvalue weighted by atomic mass is 32.2. The first-order valence-electron chi connectivity index (χ1n) is 9.48. The third-order valence-electron chi connectivity index (χ3n) is 5.08. The molecule has 0 amide bonds. The van der Waals surface area contributed by atoms with E-state index in [1.54, 1.807) is 10.6 Å². The summed E-state index contributed by atoms with van der Waals surface area (Å²) in [6, 6.07) is 13.4. The number of sulfonamides is 1. The Labute approximate surface area is 172 Å². The molecule has 0 atom stereocenters. The van der Waals surface area contributed by atoms with E-state index in [2.05, 4.69) is 25.1 Å². The molecular formula is C19H19N7O3S. The van der Waals surface area contributed by atoms with Gasteiger partial charge in [0.15, 0.2) is 0 Å². The molecule has 1 fully saturated rings. The second-order valence-electron chi connectivity index (χ2n) is 6.97. The zero-order valence-corrected chi connectivity index (χ0v) is 16.8. The van der Waals surface area contributed by atoms with Crippen molar-refractivity contribution < 1.29 is 12.9 Å². The Morgan fingerprint density at radius 3 is 2.57 bits per heavy atom. The normalized spacial score (nSPS) is 15.7. The van der Waals surface area contributed by atoms with Crippen molar-refractivity contribution in [2.24, 2.45) is 0 Å². The van der Waals surface area contributed by atoms with Crippen molar-refractivity contribution in [1.29, 1.82) is 0 Å². The summed E-state index contributed by atoms with van der Waals surface area (Å²) in [6.45, 7) is 1.81. The minimum absolute atomic E-state index is 0.162. The molecule has 0 saturated carbocycles. The van der Waals surface area contributed by atoms with Crippen LogP contribution >= 0.6 is 0 Å². The van der Waals surface area contributed by atoms with E-state index in [-0.39, 0.29) is 5.75 Å². The van der Waals surface area contributed by atoms with Gasteiger partial charge in [0.2, 0.25) is 10.0 Å². The first-order chi connectivity index (χ1) is 14.6. The summed E-state index contributed by atoms with van der Waals surface area (Å²) in [6.07, 6.45) is 2.85. The molecule has 0 radical (unpaired) electrons. The standard InChI is InChI=1S/C19H19N7O3S/c27-30(28,13-16-6-11-29-23-16)25-9-7-24(8-10-25)18-12-17(15-4-2-1-3-5-15)22-19-20-14-21-26(18)19/h1-6,11-12,14H,7-10,13H2. The summed E-state index contributed by atoms with van der Waals surface area (Å²) in [4.78, 5) is 11.0. The van der Waals surface area contributed by atoms with Gasteiger partial charge in [-0.05, 0) is 0 Å². The Hall–Kier alpha value is -3.31. The lowest BCUT2D eigenvalue weighted by atomic mass is 10.1. The number of hydrogen-bond donors (Lipinski definition) is 0. The third kappa shape index (κ3) is 3.53. The molecule has 4 aromatic rings. The highest BCUT2D eigenvalue weighted by Gasteiger charge is 2.29. The van der Waals surface area contributed by atoms with Gasteiger partial charge in [0.1, 0.15) is 24.2 Å². The molecule has 0 spiro atoms. The van der Waals surface area contributed by atoms with E-state index in [1.165, 1.54) is 16.9 Å². The predicted molar refractivity (Wildman–Crippen MR) is 109 cm³/mol. The maximum Gasteiger partial charge on any atom is 0.254 e. The molecule has 1 aromatic carbocycles. The molecule has 4 heterocycles. The van der Waals surface area contributed by atoms with Crippen LogP contribution in [-0.2, 0) is 15.8 Å². The van der Waals surface area contributed by atoms with Crippen LogP contribution in [0.15, 0.2) is 59.6 Å². The van der Waals surface area contributed by atoms with Crippen molar-refractivity contribution in [3.05, 3.63) is 60.7 Å². The van der Waals surface area contributed by atoms with E-state index in [9.17, 15) is 8.42 Å². The number of fused-ring (bicyclic) bond motifs is 1. The van der Waals surface area contributed by atoms with Crippen molar-refractivity contribution in [2.75, 3.05) is 31.1 Å². The average Bonchev–Trinajstić information content (AvgIpc) is 3.45. The lowest BCUT2D eigenvalue weighted by Crippen LogP contribution is -2.49. The van der Waals surface area contributed by atoms with Gasteiger partial charge in [0.05, 0.1) is 11.4 Å². The van der Waals surface area contributed by atoms with Gasteiger partial charge in [-0.25, -0.2) is 13.4 Å². The van der Waals surface area contributed by atoms with Gasteiger partial charge < -0.3 is 9.42 Å². The van der Waals surface area contributed by atoms with Crippen LogP contribution < -0.4 is 4.90 Å². The largest absolute Gasteiger partial charge is 0.364 e. The van der Waals surface area contributed by atoms with Gasteiger partial charge in [-0.1, -0.05) is 35.5 Å². The summed E-state index contributed by atoms with van der Waals surface area (Å²) in [5.41, 5.74) is 2.19. The van der Waals surface area contributed by atoms with E-state index in [4.69, 9.17) is 4.52 Å². The monoisotopic (exact) mass is 425 g/mol. The van der Waals surface area contributed by atoms with Crippen LogP contribution in [-0.4, -0.2) is 63.6 Å². The number of benzene rings is 1. The average molecular weight is 425 g/mol. The van der Waals surface area contributed by atoms with Gasteiger partial charge in [-0.15, -0.1) is 0 Å². The van der Waals surface area contributed by atoms with Gasteiger partial charge in [0.25, 0.3) is 5.78 Å². The molecule has 0 aliphatic carbocycles. The maximum absolute atomic E-state index is 12.7. The summed E-state index contributed by atoms with van der Waals surface area (Å²) < 4.78 is 33.3. The number of aromatic nitrogens is 5. The van der Waals surface area contributed by atoms with Crippen LogP contribution in [0.3, 0.4) is 0 Å². The molecule has 1 aliphatic heterocycles. The van der Waals surface area contributed by atoms with E-state index in [0.29, 0.717) is 37.7 Å². The second kappa shape index (κ2) is 7.50. The topological polar surface area (TPSA) is 110 Å². The molecule has 0 N–H and O–H groups in total. The van der Waals surface area contributed by atoms with Crippen LogP contribution in [0.2, 0.25) is 0 Å². The van der Waals surface area contributed by atoms with Gasteiger partial charge in [0, 0.05) is 43.9 Å². The fourth-order valence-electron chi connectivity index (χ4n) is 3.56. The fourth-order valence-corrected chi connectivity index (χ4v) is 4.99. The first-order valence-corrected chi connectivity index (χ1v) is 11.1. The molecule has 0 unspecified atom stereocenters. The van der Waals surface area contributed by atoms with Crippen molar-refractivity contribution in [3.8, 4) is 11.3 Å². The smallest absolute Gasteiger partial charge is 0.254 e. The first kappa shape index (κ1) is 18.7. The molecule has 0 bridgehead atoms. The SMILES string of the molecule is O=S(=O)(Cc1ccon1)N1CCN(c2cc(-c3ccccc3)nc3ncnn23)CC1. The zero-order chi connectivity index (χ0) is 20.6. The molecule has 5 rings (SSSR count). The summed E-state index contributed by atoms with van der Waals surface area (Å²) in [7, 11) is -3.46. The summed E-state index contributed by atoms with van der Waals surface area (Å²) >= 11 is 0. The lowest BCUT2D eigenvalue weighted by Gasteiger charge is -2.35. The number of rotatable bonds is 5. The second-order valence-corrected chi connectivity index (χ2v) is 8.94. The fraction of sp³-hybridized carbons (Fsp3) is 0.263. The summed E-state index contributed by atoms with van der Waals surface area (Å²) in [5.74, 6) is 1.18. The van der Waals surface area contributed by atoms with E-state index >= 15 is 0 Å². The van der Waals surface area contributed by atoms with Gasteiger partial charge in [-0.2, -0.15) is 18.9 Å². The molecule has 30 heavy (non-hydrogen) atoms. The molecule has 1 aliphatic rings. The van der Waals surface area contributed by atoms with Gasteiger partial charge in [-0.3, -0.25) is 0 Å². The van der Waals surface area contributed by atoms with Crippen LogP contribution in [0.25, 0.3) is 17.0 Å². The zero-order valence-electron chi connectivity index (χ0n) is 16.0. The van der Waals surface area contributed by atoms with E-state index in [1.807, 2.05) is 36.4 Å². The number of piperazine rings is 1. The Balaban J connectivity index is 1.39. The Kier molecular flexibility index (Phi) is 4.68. The lowest BCUT2D eigenvalue weighted by molar-refractivity contribution is 0.380. The number of nitrogens with zero attached hydrogens (tertiary/aromatic N) is 7. The molecule has 1 saturated heterocycles. The van der Waals surface area contributed by atoms with Crippen molar-refractivity contribution in [2.45, 2.75) is 5.75 Å². The van der Waals surface area contributed by atoms with E-state index < -0.39 is 10.0 Å². The van der Waals surface area contributed by atoms with Crippen molar-refractivity contribution in [3.63, 3.8) is 0 Å². The van der Waals surface area contributed by atoms with E-state index in [0.717, 1.165) is 17.1 Å². The third-order valence-corrected chi connectivity index (χ3v) is 6.89. The van der Waals surface area contributed by atoms with Crippen LogP contribution in [0, 0.1) is 0 Å². The highest BCUT2D eigenvalue weighted by Crippen LogP contribution is 2.25. The maximum atomic E-state index is 12.7. The Morgan fingerprint density at radius 2 is 1.83 bits per heavy atom. The minimum Gasteiger partial charge on any atom is -0.364 e. The van der Waals surface area contributed by atoms with Crippen LogP contribution in [0.4, 0.5) is 5.82 Å². The molecule has 10 nitrogen and oxygen atoms in total.